The zero-order chi connectivity index (χ0) is 18.2. The number of carbonyl (C=O) groups excluding carboxylic acids is 1. The number of hydrogen-bond donors (Lipinski definition) is 1. The zero-order valence-corrected chi connectivity index (χ0v) is 16.1. The van der Waals surface area contributed by atoms with Gasteiger partial charge >= 0.3 is 0 Å². The number of nitrogens with one attached hydrogen (secondary N) is 1. The second-order valence-corrected chi connectivity index (χ2v) is 7.38. The van der Waals surface area contributed by atoms with Crippen LogP contribution in [-0.4, -0.2) is 16.9 Å². The highest BCUT2D eigenvalue weighted by molar-refractivity contribution is 7.09. The Morgan fingerprint density at radius 2 is 2.04 bits per heavy atom. The molecule has 134 valence electrons. The van der Waals surface area contributed by atoms with Gasteiger partial charge in [-0.1, -0.05) is 32.9 Å². The van der Waals surface area contributed by atoms with Gasteiger partial charge < -0.3 is 10.1 Å². The minimum Gasteiger partial charge on any atom is -0.487 e. The van der Waals surface area contributed by atoms with Gasteiger partial charge in [-0.15, -0.1) is 11.3 Å². The number of rotatable bonds is 8. The van der Waals surface area contributed by atoms with Crippen LogP contribution in [0.2, 0.25) is 0 Å². The summed E-state index contributed by atoms with van der Waals surface area (Å²) in [4.78, 5) is 16.4. The number of aryl methyl sites for hydroxylation is 1. The fourth-order valence-corrected chi connectivity index (χ4v) is 3.05. The lowest BCUT2D eigenvalue weighted by Crippen LogP contribution is -2.36. The average molecular weight is 359 g/mol. The van der Waals surface area contributed by atoms with Crippen LogP contribution in [0.4, 0.5) is 0 Å². The van der Waals surface area contributed by atoms with E-state index in [4.69, 9.17) is 4.74 Å². The maximum absolute atomic E-state index is 12.0. The van der Waals surface area contributed by atoms with Gasteiger partial charge in [-0.3, -0.25) is 4.79 Å². The molecule has 1 atom stereocenters. The molecule has 0 aliphatic carbocycles. The molecule has 1 heterocycles. The van der Waals surface area contributed by atoms with E-state index in [2.05, 4.69) is 31.1 Å². The van der Waals surface area contributed by atoms with Gasteiger partial charge in [-0.25, -0.2) is 4.98 Å². The maximum atomic E-state index is 12.0. The number of ether oxygens (including phenoxy) is 1. The maximum Gasteiger partial charge on any atom is 0.244 e. The summed E-state index contributed by atoms with van der Waals surface area (Å²) in [5.74, 6) is 1.16. The fraction of sp³-hybridized carbons (Fsp3) is 0.400. The van der Waals surface area contributed by atoms with E-state index in [1.807, 2.05) is 42.6 Å². The van der Waals surface area contributed by atoms with Crippen LogP contribution in [0, 0.1) is 12.8 Å². The number of thiazole rings is 1. The van der Waals surface area contributed by atoms with E-state index in [1.54, 1.807) is 17.4 Å². The van der Waals surface area contributed by atoms with Crippen LogP contribution in [0.15, 0.2) is 35.7 Å². The van der Waals surface area contributed by atoms with Gasteiger partial charge in [0.25, 0.3) is 0 Å². The van der Waals surface area contributed by atoms with E-state index in [0.29, 0.717) is 12.5 Å². The molecule has 1 N–H and O–H groups in total. The van der Waals surface area contributed by atoms with Crippen molar-refractivity contribution in [3.63, 3.8) is 0 Å². The lowest BCUT2D eigenvalue weighted by atomic mass is 10.0. The second-order valence-electron chi connectivity index (χ2n) is 6.32. The molecule has 1 aromatic carbocycles. The first-order valence-electron chi connectivity index (χ1n) is 8.60. The van der Waals surface area contributed by atoms with E-state index in [0.717, 1.165) is 28.4 Å². The molecule has 0 radical (unpaired) electrons. The van der Waals surface area contributed by atoms with Gasteiger partial charge in [0.2, 0.25) is 5.91 Å². The van der Waals surface area contributed by atoms with Crippen LogP contribution < -0.4 is 10.1 Å². The molecule has 0 bridgehead atoms. The molecule has 0 spiro atoms. The molecule has 2 aromatic rings. The Bertz CT molecular complexity index is 705. The molecule has 0 saturated carbocycles. The minimum absolute atomic E-state index is 0.0558. The molecule has 2 rings (SSSR count). The first-order valence-corrected chi connectivity index (χ1v) is 9.48. The van der Waals surface area contributed by atoms with Crippen molar-refractivity contribution in [2.24, 2.45) is 5.92 Å². The van der Waals surface area contributed by atoms with Gasteiger partial charge in [0, 0.05) is 17.5 Å². The topological polar surface area (TPSA) is 51.2 Å². The first kappa shape index (κ1) is 19.2. The standard InChI is InChI=1S/C20H26N2O2S/c1-5-19(14(2)3)22-20(23)11-8-16-6-9-18(10-7-16)24-12-17-13-25-15(4)21-17/h6-11,13-14,19H,5,12H2,1-4H3,(H,22,23)/b11-8+. The Morgan fingerprint density at radius 1 is 1.32 bits per heavy atom. The minimum atomic E-state index is -0.0558. The fourth-order valence-electron chi connectivity index (χ4n) is 2.45. The molecule has 1 unspecified atom stereocenters. The Hall–Kier alpha value is -2.14. The van der Waals surface area contributed by atoms with Crippen molar-refractivity contribution >= 4 is 23.3 Å². The lowest BCUT2D eigenvalue weighted by Gasteiger charge is -2.19. The Morgan fingerprint density at radius 3 is 2.60 bits per heavy atom. The predicted molar refractivity (Wildman–Crippen MR) is 104 cm³/mol. The third kappa shape index (κ3) is 6.35. The summed E-state index contributed by atoms with van der Waals surface area (Å²) < 4.78 is 5.72. The van der Waals surface area contributed by atoms with E-state index < -0.39 is 0 Å². The van der Waals surface area contributed by atoms with Gasteiger partial charge in [-0.2, -0.15) is 0 Å². The highest BCUT2D eigenvalue weighted by atomic mass is 32.1. The van der Waals surface area contributed by atoms with E-state index in [9.17, 15) is 4.79 Å². The van der Waals surface area contributed by atoms with E-state index in [1.165, 1.54) is 0 Å². The number of hydrogen-bond acceptors (Lipinski definition) is 4. The molecular formula is C20H26N2O2S. The Balaban J connectivity index is 1.85. The van der Waals surface area contributed by atoms with Gasteiger partial charge in [0.1, 0.15) is 12.4 Å². The third-order valence-electron chi connectivity index (χ3n) is 3.93. The van der Waals surface area contributed by atoms with Crippen molar-refractivity contribution in [2.75, 3.05) is 0 Å². The average Bonchev–Trinajstić information content (AvgIpc) is 3.02. The van der Waals surface area contributed by atoms with Gasteiger partial charge in [0.15, 0.2) is 0 Å². The molecular weight excluding hydrogens is 332 g/mol. The number of carbonyl (C=O) groups is 1. The molecule has 4 nitrogen and oxygen atoms in total. The van der Waals surface area contributed by atoms with Crippen LogP contribution in [0.3, 0.4) is 0 Å². The summed E-state index contributed by atoms with van der Waals surface area (Å²) >= 11 is 1.62. The largest absolute Gasteiger partial charge is 0.487 e. The van der Waals surface area contributed by atoms with Crippen molar-refractivity contribution in [2.45, 2.75) is 46.8 Å². The molecule has 5 heteroatoms. The van der Waals surface area contributed by atoms with Gasteiger partial charge in [0.05, 0.1) is 10.7 Å². The van der Waals surface area contributed by atoms with Crippen LogP contribution in [0.1, 0.15) is 43.5 Å². The quantitative estimate of drug-likeness (QED) is 0.702. The molecule has 25 heavy (non-hydrogen) atoms. The molecule has 0 aliphatic heterocycles. The Kier molecular flexibility index (Phi) is 7.19. The molecule has 0 saturated heterocycles. The van der Waals surface area contributed by atoms with Crippen LogP contribution in [0.25, 0.3) is 6.08 Å². The van der Waals surface area contributed by atoms with Crippen molar-refractivity contribution < 1.29 is 9.53 Å². The second kappa shape index (κ2) is 9.37. The van der Waals surface area contributed by atoms with Crippen molar-refractivity contribution in [3.05, 3.63) is 52.0 Å². The lowest BCUT2D eigenvalue weighted by molar-refractivity contribution is -0.117. The molecule has 1 amide bonds. The Labute approximate surface area is 153 Å². The molecule has 1 aromatic heterocycles. The van der Waals surface area contributed by atoms with E-state index >= 15 is 0 Å². The summed E-state index contributed by atoms with van der Waals surface area (Å²) in [6, 6.07) is 7.89. The third-order valence-corrected chi connectivity index (χ3v) is 4.76. The van der Waals surface area contributed by atoms with Crippen molar-refractivity contribution in [3.8, 4) is 5.75 Å². The highest BCUT2D eigenvalue weighted by Crippen LogP contribution is 2.16. The smallest absolute Gasteiger partial charge is 0.244 e. The summed E-state index contributed by atoms with van der Waals surface area (Å²) in [6.45, 7) is 8.76. The van der Waals surface area contributed by atoms with Crippen LogP contribution in [0.5, 0.6) is 5.75 Å². The van der Waals surface area contributed by atoms with Gasteiger partial charge in [-0.05, 0) is 43.0 Å². The first-order chi connectivity index (χ1) is 12.0. The summed E-state index contributed by atoms with van der Waals surface area (Å²) in [5.41, 5.74) is 1.91. The zero-order valence-electron chi connectivity index (χ0n) is 15.3. The van der Waals surface area contributed by atoms with Crippen LogP contribution >= 0.6 is 11.3 Å². The monoisotopic (exact) mass is 358 g/mol. The number of amides is 1. The summed E-state index contributed by atoms with van der Waals surface area (Å²) in [6.07, 6.45) is 4.33. The van der Waals surface area contributed by atoms with E-state index in [-0.39, 0.29) is 11.9 Å². The normalized spacial score (nSPS) is 12.5. The molecule has 0 fully saturated rings. The molecule has 0 aliphatic rings. The predicted octanol–water partition coefficient (Wildman–Crippen LogP) is 4.59. The number of benzene rings is 1. The van der Waals surface area contributed by atoms with Crippen molar-refractivity contribution in [1.29, 1.82) is 0 Å². The summed E-state index contributed by atoms with van der Waals surface area (Å²) in [7, 11) is 0. The highest BCUT2D eigenvalue weighted by Gasteiger charge is 2.11. The van der Waals surface area contributed by atoms with Crippen molar-refractivity contribution in [1.82, 2.24) is 10.3 Å². The number of nitrogens with zero attached hydrogens (tertiary/aromatic N) is 1. The summed E-state index contributed by atoms with van der Waals surface area (Å²) in [5, 5.41) is 6.08. The van der Waals surface area contributed by atoms with Crippen LogP contribution in [-0.2, 0) is 11.4 Å². The SMILES string of the molecule is CCC(NC(=O)/C=C/c1ccc(OCc2csc(C)n2)cc1)C(C)C. The number of aromatic nitrogens is 1.